The number of carbonyl (C=O) groups is 1. The molecule has 8 heteroatoms. The molecule has 1 heterocycles. The Labute approximate surface area is 164 Å². The molecule has 0 aliphatic carbocycles. The molecule has 0 atom stereocenters. The Morgan fingerprint density at radius 1 is 1.27 bits per heavy atom. The summed E-state index contributed by atoms with van der Waals surface area (Å²) in [6.07, 6.45) is 1.70. The van der Waals surface area contributed by atoms with E-state index in [1.807, 2.05) is 6.92 Å². The molecule has 2 aromatic carbocycles. The van der Waals surface area contributed by atoms with E-state index in [9.17, 15) is 9.90 Å². The van der Waals surface area contributed by atoms with Gasteiger partial charge in [0.05, 0.1) is 22.2 Å². The first kappa shape index (κ1) is 18.6. The van der Waals surface area contributed by atoms with Crippen molar-refractivity contribution in [1.82, 2.24) is 5.32 Å². The van der Waals surface area contributed by atoms with Crippen LogP contribution >= 0.6 is 35.0 Å². The predicted octanol–water partition coefficient (Wildman–Crippen LogP) is 4.99. The number of benzene rings is 2. The van der Waals surface area contributed by atoms with Gasteiger partial charge in [-0.15, -0.1) is 0 Å². The Bertz CT molecular complexity index is 929. The van der Waals surface area contributed by atoms with Gasteiger partial charge in [0.25, 0.3) is 5.91 Å². The molecule has 1 fully saturated rings. The molecule has 0 radical (unpaired) electrons. The molecule has 2 N–H and O–H groups in total. The lowest BCUT2D eigenvalue weighted by atomic mass is 10.2. The highest BCUT2D eigenvalue weighted by molar-refractivity contribution is 8.18. The highest BCUT2D eigenvalue weighted by atomic mass is 35.5. The van der Waals surface area contributed by atoms with Crippen LogP contribution in [0.3, 0.4) is 0 Å². The van der Waals surface area contributed by atoms with E-state index >= 15 is 0 Å². The van der Waals surface area contributed by atoms with Crippen molar-refractivity contribution in [2.45, 2.75) is 6.92 Å². The average molecular weight is 409 g/mol. The molecule has 26 heavy (non-hydrogen) atoms. The molecule has 134 valence electrons. The van der Waals surface area contributed by atoms with Gasteiger partial charge in [0.15, 0.2) is 16.7 Å². The van der Waals surface area contributed by atoms with Crippen molar-refractivity contribution in [3.63, 3.8) is 0 Å². The number of thioether (sulfide) groups is 1. The fraction of sp³-hybridized carbons (Fsp3) is 0.111. The molecule has 5 nitrogen and oxygen atoms in total. The Morgan fingerprint density at radius 3 is 2.85 bits per heavy atom. The summed E-state index contributed by atoms with van der Waals surface area (Å²) < 4.78 is 5.36. The first-order chi connectivity index (χ1) is 12.5. The van der Waals surface area contributed by atoms with E-state index in [0.29, 0.717) is 38.2 Å². The topological polar surface area (TPSA) is 70.9 Å². The minimum atomic E-state index is -0.266. The number of amidine groups is 1. The van der Waals surface area contributed by atoms with Crippen LogP contribution in [0.5, 0.6) is 11.5 Å². The number of amides is 1. The molecule has 0 spiro atoms. The number of hydrogen-bond donors (Lipinski definition) is 2. The molecule has 0 saturated carbocycles. The molecule has 0 aromatic heterocycles. The summed E-state index contributed by atoms with van der Waals surface area (Å²) in [6, 6.07) is 9.83. The second kappa shape index (κ2) is 8.03. The van der Waals surface area contributed by atoms with Crippen molar-refractivity contribution in [2.24, 2.45) is 4.99 Å². The zero-order chi connectivity index (χ0) is 18.7. The maximum Gasteiger partial charge on any atom is 0.264 e. The lowest BCUT2D eigenvalue weighted by Crippen LogP contribution is -2.19. The van der Waals surface area contributed by atoms with Gasteiger partial charge in [0, 0.05) is 5.02 Å². The molecule has 1 saturated heterocycles. The summed E-state index contributed by atoms with van der Waals surface area (Å²) >= 11 is 13.2. The van der Waals surface area contributed by atoms with Crippen molar-refractivity contribution in [1.29, 1.82) is 0 Å². The van der Waals surface area contributed by atoms with E-state index < -0.39 is 0 Å². The number of hydrogen-bond acceptors (Lipinski definition) is 5. The third kappa shape index (κ3) is 4.33. The third-order valence-electron chi connectivity index (χ3n) is 3.36. The van der Waals surface area contributed by atoms with Crippen LogP contribution in [0.15, 0.2) is 46.3 Å². The smallest absolute Gasteiger partial charge is 0.264 e. The van der Waals surface area contributed by atoms with Crippen LogP contribution in [-0.2, 0) is 4.79 Å². The van der Waals surface area contributed by atoms with Crippen molar-refractivity contribution < 1.29 is 14.6 Å². The molecule has 3 rings (SSSR count). The summed E-state index contributed by atoms with van der Waals surface area (Å²) in [4.78, 5) is 17.0. The summed E-state index contributed by atoms with van der Waals surface area (Å²) in [5.41, 5.74) is 1.21. The minimum absolute atomic E-state index is 0.0513. The monoisotopic (exact) mass is 408 g/mol. The number of aromatic hydroxyl groups is 1. The van der Waals surface area contributed by atoms with Gasteiger partial charge in [0.2, 0.25) is 0 Å². The zero-order valence-corrected chi connectivity index (χ0v) is 16.0. The number of nitrogens with one attached hydrogen (secondary N) is 1. The Morgan fingerprint density at radius 2 is 2.08 bits per heavy atom. The molecule has 0 unspecified atom stereocenters. The standard InChI is InChI=1S/C18H14Cl2N2O3S/c1-2-25-15-7-10(3-6-14(15)23)8-16-17(24)22-18(26-16)21-13-9-11(19)4-5-12(13)20/h3-9,23H,2H2,1H3,(H,21,22,24)/b16-8+. The van der Waals surface area contributed by atoms with Crippen LogP contribution in [0.25, 0.3) is 6.08 Å². The van der Waals surface area contributed by atoms with Crippen LogP contribution in [0.1, 0.15) is 12.5 Å². The third-order valence-corrected chi connectivity index (χ3v) is 4.83. The number of ether oxygens (including phenoxy) is 1. The molecule has 1 aliphatic heterocycles. The first-order valence-corrected chi connectivity index (χ1v) is 9.24. The van der Waals surface area contributed by atoms with Crippen molar-refractivity contribution in [3.8, 4) is 11.5 Å². The molecule has 1 aliphatic rings. The van der Waals surface area contributed by atoms with Crippen LogP contribution in [0.2, 0.25) is 10.0 Å². The summed E-state index contributed by atoms with van der Waals surface area (Å²) in [5.74, 6) is 0.151. The molecular weight excluding hydrogens is 395 g/mol. The number of aliphatic imine (C=N–C) groups is 1. The predicted molar refractivity (Wildman–Crippen MR) is 107 cm³/mol. The fourth-order valence-electron chi connectivity index (χ4n) is 2.20. The number of halogens is 2. The van der Waals surface area contributed by atoms with E-state index in [1.54, 1.807) is 36.4 Å². The highest BCUT2D eigenvalue weighted by Gasteiger charge is 2.24. The van der Waals surface area contributed by atoms with Gasteiger partial charge in [0.1, 0.15) is 0 Å². The van der Waals surface area contributed by atoms with Gasteiger partial charge in [-0.1, -0.05) is 29.3 Å². The SMILES string of the molecule is CCOc1cc(/C=C2/SC(=Nc3cc(Cl)ccc3Cl)NC2=O)ccc1O. The Balaban J connectivity index is 1.86. The van der Waals surface area contributed by atoms with Crippen LogP contribution < -0.4 is 10.1 Å². The molecular formula is C18H14Cl2N2O3S. The zero-order valence-electron chi connectivity index (χ0n) is 13.6. The van der Waals surface area contributed by atoms with E-state index in [-0.39, 0.29) is 11.7 Å². The van der Waals surface area contributed by atoms with Crippen LogP contribution in [-0.4, -0.2) is 22.8 Å². The van der Waals surface area contributed by atoms with Gasteiger partial charge in [-0.05, 0) is 60.7 Å². The summed E-state index contributed by atoms with van der Waals surface area (Å²) in [7, 11) is 0. The maximum absolute atomic E-state index is 12.2. The van der Waals surface area contributed by atoms with E-state index in [4.69, 9.17) is 27.9 Å². The lowest BCUT2D eigenvalue weighted by Gasteiger charge is -2.06. The Kier molecular flexibility index (Phi) is 5.76. The van der Waals surface area contributed by atoms with Crippen molar-refractivity contribution in [3.05, 3.63) is 56.9 Å². The van der Waals surface area contributed by atoms with Gasteiger partial charge in [-0.2, -0.15) is 0 Å². The quantitative estimate of drug-likeness (QED) is 0.698. The second-order valence-corrected chi connectivity index (χ2v) is 7.11. The molecule has 1 amide bonds. The first-order valence-electron chi connectivity index (χ1n) is 7.66. The van der Waals surface area contributed by atoms with Crippen molar-refractivity contribution in [2.75, 3.05) is 6.61 Å². The van der Waals surface area contributed by atoms with Crippen LogP contribution in [0.4, 0.5) is 5.69 Å². The number of carbonyl (C=O) groups excluding carboxylic acids is 1. The number of phenolic OH excluding ortho intramolecular Hbond substituents is 1. The second-order valence-electron chi connectivity index (χ2n) is 5.24. The number of nitrogens with zero attached hydrogens (tertiary/aromatic N) is 1. The van der Waals surface area contributed by atoms with Crippen LogP contribution in [0, 0.1) is 0 Å². The van der Waals surface area contributed by atoms with Gasteiger partial charge < -0.3 is 15.2 Å². The fourth-order valence-corrected chi connectivity index (χ4v) is 3.37. The Hall–Kier alpha value is -2.15. The normalized spacial score (nSPS) is 17.0. The largest absolute Gasteiger partial charge is 0.504 e. The van der Waals surface area contributed by atoms with Crippen molar-refractivity contribution >= 4 is 57.8 Å². The maximum atomic E-state index is 12.2. The average Bonchev–Trinajstić information content (AvgIpc) is 2.93. The minimum Gasteiger partial charge on any atom is -0.504 e. The highest BCUT2D eigenvalue weighted by Crippen LogP contribution is 2.33. The molecule has 0 bridgehead atoms. The van der Waals surface area contributed by atoms with E-state index in [1.165, 1.54) is 17.8 Å². The van der Waals surface area contributed by atoms with Gasteiger partial charge in [-0.3, -0.25) is 4.79 Å². The number of phenols is 1. The van der Waals surface area contributed by atoms with E-state index in [0.717, 1.165) is 5.56 Å². The summed E-state index contributed by atoms with van der Waals surface area (Å²) in [6.45, 7) is 2.26. The summed E-state index contributed by atoms with van der Waals surface area (Å²) in [5, 5.41) is 13.8. The molecule has 2 aromatic rings. The van der Waals surface area contributed by atoms with E-state index in [2.05, 4.69) is 10.3 Å². The van der Waals surface area contributed by atoms with Gasteiger partial charge in [-0.25, -0.2) is 4.99 Å². The lowest BCUT2D eigenvalue weighted by molar-refractivity contribution is -0.115. The van der Waals surface area contributed by atoms with Gasteiger partial charge >= 0.3 is 0 Å². The number of rotatable bonds is 4.